The fourth-order valence-corrected chi connectivity index (χ4v) is 1.14. The fraction of sp³-hybridized carbons (Fsp3) is 0.500. The Morgan fingerprint density at radius 1 is 1.18 bits per heavy atom. The Morgan fingerprint density at radius 3 is 2.65 bits per heavy atom. The summed E-state index contributed by atoms with van der Waals surface area (Å²) in [4.78, 5) is 4.01. The summed E-state index contributed by atoms with van der Waals surface area (Å²) in [5, 5.41) is 7.61. The molecule has 17 heavy (non-hydrogen) atoms. The van der Waals surface area contributed by atoms with Gasteiger partial charge in [0.05, 0.1) is 19.8 Å². The molecule has 0 bridgehead atoms. The second kappa shape index (κ2) is 8.66. The van der Waals surface area contributed by atoms with Gasteiger partial charge < -0.3 is 14.2 Å². The average Bonchev–Trinajstić information content (AvgIpc) is 2.38. The Balaban J connectivity index is 2.05. The van der Waals surface area contributed by atoms with Crippen molar-refractivity contribution < 1.29 is 14.2 Å². The molecule has 1 heterocycles. The van der Waals surface area contributed by atoms with E-state index in [1.165, 1.54) is 0 Å². The molecule has 0 aliphatic rings. The van der Waals surface area contributed by atoms with Gasteiger partial charge in [-0.25, -0.2) is 0 Å². The van der Waals surface area contributed by atoms with Crippen LogP contribution < -0.4 is 0 Å². The molecule has 5 nitrogen and oxygen atoms in total. The predicted octanol–water partition coefficient (Wildman–Crippen LogP) is 1.48. The van der Waals surface area contributed by atoms with E-state index >= 15 is 0 Å². The average molecular weight is 238 g/mol. The van der Waals surface area contributed by atoms with Crippen LogP contribution in [-0.4, -0.2) is 43.9 Å². The highest BCUT2D eigenvalue weighted by Crippen LogP contribution is 1.96. The second-order valence-electron chi connectivity index (χ2n) is 3.20. The van der Waals surface area contributed by atoms with Crippen LogP contribution >= 0.6 is 0 Å². The van der Waals surface area contributed by atoms with Gasteiger partial charge in [0.25, 0.3) is 0 Å². The summed E-state index contributed by atoms with van der Waals surface area (Å²) in [6.07, 6.45) is 1.63. The summed E-state index contributed by atoms with van der Waals surface area (Å²) >= 11 is 0. The van der Waals surface area contributed by atoms with Crippen molar-refractivity contribution in [3.05, 3.63) is 30.1 Å². The molecular weight excluding hydrogens is 220 g/mol. The van der Waals surface area contributed by atoms with Gasteiger partial charge in [0.15, 0.2) is 0 Å². The van der Waals surface area contributed by atoms with E-state index < -0.39 is 0 Å². The lowest BCUT2D eigenvalue weighted by Crippen LogP contribution is -2.13. The van der Waals surface area contributed by atoms with Crippen molar-refractivity contribution in [2.75, 3.05) is 33.0 Å². The Morgan fingerprint density at radius 2 is 1.94 bits per heavy atom. The molecule has 1 aromatic rings. The normalized spacial score (nSPS) is 10.2. The number of aromatic nitrogens is 1. The largest absolute Gasteiger partial charge is 0.474 e. The van der Waals surface area contributed by atoms with Crippen LogP contribution in [-0.2, 0) is 14.2 Å². The Bertz CT molecular complexity index is 317. The van der Waals surface area contributed by atoms with E-state index in [9.17, 15) is 0 Å². The van der Waals surface area contributed by atoms with E-state index in [0.29, 0.717) is 38.7 Å². The van der Waals surface area contributed by atoms with Crippen LogP contribution in [0.1, 0.15) is 12.6 Å². The van der Waals surface area contributed by atoms with Gasteiger partial charge in [0.1, 0.15) is 12.3 Å². The first-order valence-corrected chi connectivity index (χ1v) is 5.63. The molecule has 0 aliphatic heterocycles. The van der Waals surface area contributed by atoms with E-state index in [0.717, 1.165) is 0 Å². The molecule has 0 saturated heterocycles. The first-order valence-electron chi connectivity index (χ1n) is 5.63. The molecule has 94 valence electrons. The van der Waals surface area contributed by atoms with Crippen molar-refractivity contribution in [3.63, 3.8) is 0 Å². The summed E-state index contributed by atoms with van der Waals surface area (Å²) < 4.78 is 15.6. The van der Waals surface area contributed by atoms with Crippen LogP contribution in [0.5, 0.6) is 0 Å². The maximum absolute atomic E-state index is 7.61. The maximum Gasteiger partial charge on any atom is 0.232 e. The fourth-order valence-electron chi connectivity index (χ4n) is 1.14. The van der Waals surface area contributed by atoms with E-state index in [1.807, 2.05) is 13.0 Å². The SMILES string of the molecule is CCOCCOCCOC(=N)c1ccccn1. The van der Waals surface area contributed by atoms with E-state index in [-0.39, 0.29) is 5.90 Å². The molecule has 0 fully saturated rings. The zero-order valence-corrected chi connectivity index (χ0v) is 10.0. The lowest BCUT2D eigenvalue weighted by Gasteiger charge is -2.07. The lowest BCUT2D eigenvalue weighted by atomic mass is 10.3. The standard InChI is InChI=1S/C12H18N2O3/c1-2-15-7-8-16-9-10-17-12(13)11-5-3-4-6-14-11/h3-6,13H,2,7-10H2,1H3. The van der Waals surface area contributed by atoms with E-state index in [4.69, 9.17) is 19.6 Å². The van der Waals surface area contributed by atoms with Gasteiger partial charge in [0.2, 0.25) is 5.90 Å². The molecule has 0 unspecified atom stereocenters. The first-order chi connectivity index (χ1) is 8.34. The van der Waals surface area contributed by atoms with Crippen molar-refractivity contribution in [1.29, 1.82) is 5.41 Å². The maximum atomic E-state index is 7.61. The third-order valence-corrected chi connectivity index (χ3v) is 1.95. The zero-order valence-electron chi connectivity index (χ0n) is 10.0. The third kappa shape index (κ3) is 5.99. The highest BCUT2D eigenvalue weighted by Gasteiger charge is 2.02. The lowest BCUT2D eigenvalue weighted by molar-refractivity contribution is 0.0388. The van der Waals surface area contributed by atoms with Crippen LogP contribution in [0.4, 0.5) is 0 Å². The minimum Gasteiger partial charge on any atom is -0.474 e. The molecule has 5 heteroatoms. The number of ether oxygens (including phenoxy) is 3. The molecule has 0 saturated carbocycles. The van der Waals surface area contributed by atoms with Crippen LogP contribution in [0, 0.1) is 5.41 Å². The quantitative estimate of drug-likeness (QED) is 0.423. The summed E-state index contributed by atoms with van der Waals surface area (Å²) in [6.45, 7) is 4.58. The molecule has 0 radical (unpaired) electrons. The Labute approximate surface area is 101 Å². The summed E-state index contributed by atoms with van der Waals surface area (Å²) in [5.74, 6) is 0.0685. The Hall–Kier alpha value is -1.46. The molecule has 0 amide bonds. The van der Waals surface area contributed by atoms with Crippen molar-refractivity contribution in [3.8, 4) is 0 Å². The zero-order chi connectivity index (χ0) is 12.3. The van der Waals surface area contributed by atoms with E-state index in [2.05, 4.69) is 4.98 Å². The summed E-state index contributed by atoms with van der Waals surface area (Å²) in [6, 6.07) is 5.35. The van der Waals surface area contributed by atoms with Crippen molar-refractivity contribution in [1.82, 2.24) is 4.98 Å². The number of hydrogen-bond donors (Lipinski definition) is 1. The molecule has 1 rings (SSSR count). The molecule has 0 aliphatic carbocycles. The Kier molecular flexibility index (Phi) is 6.93. The van der Waals surface area contributed by atoms with Crippen molar-refractivity contribution in [2.45, 2.75) is 6.92 Å². The molecule has 1 N–H and O–H groups in total. The minimum absolute atomic E-state index is 0.0685. The van der Waals surface area contributed by atoms with Crippen molar-refractivity contribution in [2.24, 2.45) is 0 Å². The number of hydrogen-bond acceptors (Lipinski definition) is 5. The molecule has 0 spiro atoms. The van der Waals surface area contributed by atoms with Crippen LogP contribution in [0.2, 0.25) is 0 Å². The van der Waals surface area contributed by atoms with Gasteiger partial charge in [-0.3, -0.25) is 10.4 Å². The van der Waals surface area contributed by atoms with Gasteiger partial charge in [-0.15, -0.1) is 0 Å². The van der Waals surface area contributed by atoms with Gasteiger partial charge in [-0.05, 0) is 19.1 Å². The van der Waals surface area contributed by atoms with Crippen LogP contribution in [0.15, 0.2) is 24.4 Å². The second-order valence-corrected chi connectivity index (χ2v) is 3.20. The van der Waals surface area contributed by atoms with Gasteiger partial charge in [-0.2, -0.15) is 0 Å². The monoisotopic (exact) mass is 238 g/mol. The van der Waals surface area contributed by atoms with E-state index in [1.54, 1.807) is 18.3 Å². The first kappa shape index (κ1) is 13.6. The predicted molar refractivity (Wildman–Crippen MR) is 64.3 cm³/mol. The number of nitrogens with zero attached hydrogens (tertiary/aromatic N) is 1. The van der Waals surface area contributed by atoms with Gasteiger partial charge in [-0.1, -0.05) is 6.07 Å². The smallest absolute Gasteiger partial charge is 0.232 e. The topological polar surface area (TPSA) is 64.4 Å². The van der Waals surface area contributed by atoms with Gasteiger partial charge >= 0.3 is 0 Å². The molecule has 1 aromatic heterocycles. The third-order valence-electron chi connectivity index (χ3n) is 1.95. The molecular formula is C12H18N2O3. The van der Waals surface area contributed by atoms with Gasteiger partial charge in [0, 0.05) is 12.8 Å². The number of rotatable bonds is 8. The molecule has 0 aromatic carbocycles. The summed E-state index contributed by atoms with van der Waals surface area (Å²) in [7, 11) is 0. The highest BCUT2D eigenvalue weighted by molar-refractivity contribution is 5.89. The number of pyridine rings is 1. The van der Waals surface area contributed by atoms with Crippen LogP contribution in [0.3, 0.4) is 0 Å². The molecule has 0 atom stereocenters. The minimum atomic E-state index is 0.0685. The summed E-state index contributed by atoms with van der Waals surface area (Å²) in [5.41, 5.74) is 0.529. The highest BCUT2D eigenvalue weighted by atomic mass is 16.5. The van der Waals surface area contributed by atoms with Crippen LogP contribution in [0.25, 0.3) is 0 Å². The van der Waals surface area contributed by atoms with Crippen molar-refractivity contribution >= 4 is 5.90 Å². The number of nitrogens with one attached hydrogen (secondary N) is 1.